The summed E-state index contributed by atoms with van der Waals surface area (Å²) in [6, 6.07) is 15.2. The van der Waals surface area contributed by atoms with Crippen LogP contribution in [0.15, 0.2) is 48.7 Å². The maximum Gasteiger partial charge on any atom is 0.248 e. The van der Waals surface area contributed by atoms with Crippen molar-refractivity contribution in [2.75, 3.05) is 33.4 Å². The van der Waals surface area contributed by atoms with Crippen molar-refractivity contribution in [2.24, 2.45) is 0 Å². The van der Waals surface area contributed by atoms with Gasteiger partial charge in [0.2, 0.25) is 11.8 Å². The van der Waals surface area contributed by atoms with Crippen molar-refractivity contribution in [3.05, 3.63) is 59.9 Å². The van der Waals surface area contributed by atoms with Crippen molar-refractivity contribution in [1.29, 1.82) is 0 Å². The number of hydrogen-bond donors (Lipinski definition) is 2. The third-order valence-corrected chi connectivity index (χ3v) is 7.54. The molecule has 2 aromatic heterocycles. The quantitative estimate of drug-likeness (QED) is 0.525. The molecule has 5 heterocycles. The summed E-state index contributed by atoms with van der Waals surface area (Å²) >= 11 is 0. The van der Waals surface area contributed by atoms with Gasteiger partial charge in [0, 0.05) is 69.1 Å². The van der Waals surface area contributed by atoms with Gasteiger partial charge in [0.05, 0.1) is 11.2 Å². The molecule has 36 heavy (non-hydrogen) atoms. The smallest absolute Gasteiger partial charge is 0.248 e. The number of pyridine rings is 2. The lowest BCUT2D eigenvalue weighted by Gasteiger charge is -2.40. The molecule has 3 atom stereocenters. The zero-order valence-electron chi connectivity index (χ0n) is 20.5. The first-order valence-electron chi connectivity index (χ1n) is 12.7. The molecule has 9 nitrogen and oxygen atoms in total. The highest BCUT2D eigenvalue weighted by atomic mass is 16.5. The molecule has 3 aromatic rings. The van der Waals surface area contributed by atoms with Crippen molar-refractivity contribution >= 4 is 16.8 Å². The molecule has 2 bridgehead atoms. The number of hydrogen-bond acceptors (Lipinski definition) is 8. The fourth-order valence-corrected chi connectivity index (χ4v) is 5.66. The Morgan fingerprint density at radius 3 is 2.67 bits per heavy atom. The molecule has 188 valence electrons. The number of rotatable bonds is 7. The maximum atomic E-state index is 12.3. The number of ether oxygens (including phenoxy) is 2. The van der Waals surface area contributed by atoms with Crippen LogP contribution in [0.5, 0.6) is 11.6 Å². The van der Waals surface area contributed by atoms with Crippen LogP contribution in [-0.4, -0.2) is 71.1 Å². The van der Waals surface area contributed by atoms with Crippen molar-refractivity contribution in [3.8, 4) is 11.6 Å². The first-order valence-corrected chi connectivity index (χ1v) is 12.7. The summed E-state index contributed by atoms with van der Waals surface area (Å²) in [5, 5.41) is 1.03. The Morgan fingerprint density at radius 1 is 1.08 bits per heavy atom. The number of piperazine rings is 1. The van der Waals surface area contributed by atoms with Gasteiger partial charge in [-0.2, -0.15) is 0 Å². The number of nitrogens with zero attached hydrogens (tertiary/aromatic N) is 4. The number of likely N-dealkylation sites (tertiary alicyclic amines) is 1. The van der Waals surface area contributed by atoms with Crippen LogP contribution in [0.2, 0.25) is 0 Å². The number of fused-ring (bicyclic) bond motifs is 3. The van der Waals surface area contributed by atoms with Gasteiger partial charge in [-0.3, -0.25) is 25.5 Å². The highest BCUT2D eigenvalue weighted by molar-refractivity contribution is 5.80. The van der Waals surface area contributed by atoms with Gasteiger partial charge in [-0.1, -0.05) is 12.1 Å². The molecule has 3 saturated heterocycles. The van der Waals surface area contributed by atoms with Crippen molar-refractivity contribution in [3.63, 3.8) is 0 Å². The van der Waals surface area contributed by atoms with Crippen LogP contribution >= 0.6 is 0 Å². The van der Waals surface area contributed by atoms with Crippen LogP contribution in [0.25, 0.3) is 10.9 Å². The lowest BCUT2D eigenvalue weighted by atomic mass is 10.1. The van der Waals surface area contributed by atoms with Gasteiger partial charge in [0.1, 0.15) is 12.4 Å². The van der Waals surface area contributed by atoms with Crippen LogP contribution < -0.4 is 15.6 Å². The summed E-state index contributed by atoms with van der Waals surface area (Å²) in [5.74, 6) is 1.41. The van der Waals surface area contributed by atoms with Gasteiger partial charge in [-0.05, 0) is 49.1 Å². The summed E-state index contributed by atoms with van der Waals surface area (Å²) in [6.45, 7) is 3.47. The van der Waals surface area contributed by atoms with Crippen LogP contribution in [-0.2, 0) is 16.1 Å². The second-order valence-electron chi connectivity index (χ2n) is 9.89. The second kappa shape index (κ2) is 10.1. The normalized spacial score (nSPS) is 23.9. The van der Waals surface area contributed by atoms with E-state index in [0.29, 0.717) is 24.0 Å². The number of carbonyl (C=O) groups is 1. The Morgan fingerprint density at radius 2 is 1.94 bits per heavy atom. The third kappa shape index (κ3) is 4.79. The van der Waals surface area contributed by atoms with E-state index in [1.54, 1.807) is 7.11 Å². The van der Waals surface area contributed by atoms with E-state index in [4.69, 9.17) is 14.5 Å². The Kier molecular flexibility index (Phi) is 6.54. The van der Waals surface area contributed by atoms with Crippen LogP contribution in [0, 0.1) is 0 Å². The Balaban J connectivity index is 1.11. The average molecular weight is 489 g/mol. The minimum Gasteiger partial charge on any atom is -0.439 e. The maximum absolute atomic E-state index is 12.3. The zero-order chi connectivity index (χ0) is 24.5. The molecule has 2 N–H and O–H groups in total. The van der Waals surface area contributed by atoms with Crippen LogP contribution in [0.4, 0.5) is 0 Å². The predicted octanol–water partition coefficient (Wildman–Crippen LogP) is 2.78. The molecule has 1 aromatic carbocycles. The first kappa shape index (κ1) is 23.3. The van der Waals surface area contributed by atoms with Crippen molar-refractivity contribution < 1.29 is 14.3 Å². The van der Waals surface area contributed by atoms with Crippen LogP contribution in [0.1, 0.15) is 36.6 Å². The summed E-state index contributed by atoms with van der Waals surface area (Å²) in [5.41, 5.74) is 9.55. The lowest BCUT2D eigenvalue weighted by molar-refractivity contribution is -0.138. The predicted molar refractivity (Wildman–Crippen MR) is 135 cm³/mol. The van der Waals surface area contributed by atoms with Gasteiger partial charge in [0.25, 0.3) is 0 Å². The monoisotopic (exact) mass is 488 g/mol. The summed E-state index contributed by atoms with van der Waals surface area (Å²) in [7, 11) is 1.57. The van der Waals surface area contributed by atoms with E-state index >= 15 is 0 Å². The molecule has 3 fully saturated rings. The second-order valence-corrected chi connectivity index (χ2v) is 9.89. The molecule has 0 saturated carbocycles. The molecule has 0 spiro atoms. The SMILES string of the molecule is COCC(=O)N1CC2CCC(C1)N2Cc1ccc2cc(Oc3ccc(C4CCNN4)cn3)ccc2n1. The number of methoxy groups -OCH3 is 1. The number of amides is 1. The average Bonchev–Trinajstić information content (AvgIpc) is 3.50. The van der Waals surface area contributed by atoms with Gasteiger partial charge in [-0.25, -0.2) is 4.98 Å². The minimum atomic E-state index is 0.0881. The molecule has 3 unspecified atom stereocenters. The third-order valence-electron chi connectivity index (χ3n) is 7.54. The standard InChI is InChI=1S/C27H32N6O3/c1-35-17-27(34)32-15-21-5-6-22(16-32)33(21)14-20-4-2-18-12-23(7-8-24(18)30-20)36-26-9-3-19(13-28-26)25-10-11-29-31-25/h2-4,7-9,12-13,21-22,25,29,31H,5-6,10-11,14-17H2,1H3. The summed E-state index contributed by atoms with van der Waals surface area (Å²) < 4.78 is 11.1. The first-order chi connectivity index (χ1) is 17.7. The van der Waals surface area contributed by atoms with E-state index < -0.39 is 0 Å². The Hall–Kier alpha value is -3.11. The van der Waals surface area contributed by atoms with Gasteiger partial charge in [-0.15, -0.1) is 0 Å². The van der Waals surface area contributed by atoms with E-state index in [1.165, 1.54) is 0 Å². The lowest BCUT2D eigenvalue weighted by Crippen LogP contribution is -2.55. The summed E-state index contributed by atoms with van der Waals surface area (Å²) in [6.07, 6.45) is 5.17. The molecule has 0 aliphatic carbocycles. The van der Waals surface area contributed by atoms with Gasteiger partial charge >= 0.3 is 0 Å². The fraction of sp³-hybridized carbons (Fsp3) is 0.444. The highest BCUT2D eigenvalue weighted by Crippen LogP contribution is 2.32. The number of carbonyl (C=O) groups excluding carboxylic acids is 1. The van der Waals surface area contributed by atoms with E-state index in [9.17, 15) is 4.79 Å². The Labute approximate surface area is 210 Å². The van der Waals surface area contributed by atoms with E-state index in [-0.39, 0.29) is 12.5 Å². The molecule has 6 rings (SSSR count). The van der Waals surface area contributed by atoms with Crippen LogP contribution in [0.3, 0.4) is 0 Å². The number of nitrogens with one attached hydrogen (secondary N) is 2. The summed E-state index contributed by atoms with van der Waals surface area (Å²) in [4.78, 5) is 26.2. The molecule has 9 heteroatoms. The Bertz CT molecular complexity index is 1220. The fourth-order valence-electron chi connectivity index (χ4n) is 5.66. The minimum absolute atomic E-state index is 0.0881. The van der Waals surface area contributed by atoms with Crippen molar-refractivity contribution in [1.82, 2.24) is 30.6 Å². The van der Waals surface area contributed by atoms with E-state index in [0.717, 1.165) is 73.4 Å². The largest absolute Gasteiger partial charge is 0.439 e. The molecule has 1 amide bonds. The molecular weight excluding hydrogens is 456 g/mol. The number of aromatic nitrogens is 2. The molecular formula is C27H32N6O3. The van der Waals surface area contributed by atoms with Gasteiger partial charge < -0.3 is 14.4 Å². The van der Waals surface area contributed by atoms with Crippen molar-refractivity contribution in [2.45, 2.75) is 43.9 Å². The van der Waals surface area contributed by atoms with E-state index in [1.807, 2.05) is 35.4 Å². The molecule has 0 radical (unpaired) electrons. The highest BCUT2D eigenvalue weighted by Gasteiger charge is 2.41. The molecule has 3 aliphatic rings. The van der Waals surface area contributed by atoms with E-state index in [2.05, 4.69) is 38.9 Å². The topological polar surface area (TPSA) is 91.9 Å². The zero-order valence-corrected chi connectivity index (χ0v) is 20.5. The number of hydrazine groups is 1. The molecule has 3 aliphatic heterocycles. The number of benzene rings is 1. The van der Waals surface area contributed by atoms with Gasteiger partial charge in [0.15, 0.2) is 0 Å².